The highest BCUT2D eigenvalue weighted by molar-refractivity contribution is 9.09. The summed E-state index contributed by atoms with van der Waals surface area (Å²) in [7, 11) is 0. The van der Waals surface area contributed by atoms with E-state index in [1.54, 1.807) is 60.7 Å². The molecule has 1 saturated heterocycles. The van der Waals surface area contributed by atoms with Crippen LogP contribution in [0.25, 0.3) is 0 Å². The molecule has 3 unspecified atom stereocenters. The molecule has 27 heavy (non-hydrogen) atoms. The SMILES string of the molecule is C[C@]1(F)C(Br)OC(COC(=O)c2ccccc2)C1OC(=O)c1ccccc1. The van der Waals surface area contributed by atoms with Gasteiger partial charge in [-0.1, -0.05) is 52.3 Å². The number of rotatable bonds is 5. The third-order valence-corrected chi connectivity index (χ3v) is 5.37. The topological polar surface area (TPSA) is 61.8 Å². The van der Waals surface area contributed by atoms with Gasteiger partial charge in [0.1, 0.15) is 12.7 Å². The quantitative estimate of drug-likeness (QED) is 0.525. The summed E-state index contributed by atoms with van der Waals surface area (Å²) in [4.78, 5) is 24.4. The van der Waals surface area contributed by atoms with Crippen molar-refractivity contribution in [3.05, 3.63) is 71.8 Å². The number of hydrogen-bond acceptors (Lipinski definition) is 5. The molecule has 0 spiro atoms. The molecule has 0 aliphatic carbocycles. The van der Waals surface area contributed by atoms with Gasteiger partial charge in [-0.2, -0.15) is 0 Å². The van der Waals surface area contributed by atoms with E-state index in [4.69, 9.17) is 14.2 Å². The Hall–Kier alpha value is -2.25. The number of esters is 2. The molecule has 0 N–H and O–H groups in total. The second-order valence-electron chi connectivity index (χ2n) is 6.30. The van der Waals surface area contributed by atoms with Crippen LogP contribution in [0.4, 0.5) is 4.39 Å². The average molecular weight is 437 g/mol. The largest absolute Gasteiger partial charge is 0.459 e. The molecular formula is C20H18BrFO5. The Labute approximate surface area is 164 Å². The van der Waals surface area contributed by atoms with Crippen LogP contribution in [-0.4, -0.2) is 41.4 Å². The van der Waals surface area contributed by atoms with Crippen molar-refractivity contribution in [2.45, 2.75) is 29.8 Å². The Kier molecular flexibility index (Phi) is 5.92. The summed E-state index contributed by atoms with van der Waals surface area (Å²) in [5.74, 6) is -1.24. The summed E-state index contributed by atoms with van der Waals surface area (Å²) in [5, 5.41) is -1.00. The van der Waals surface area contributed by atoms with Crippen molar-refractivity contribution in [3.8, 4) is 0 Å². The fraction of sp³-hybridized carbons (Fsp3) is 0.300. The van der Waals surface area contributed by atoms with Gasteiger partial charge in [0, 0.05) is 0 Å². The summed E-state index contributed by atoms with van der Waals surface area (Å²) >= 11 is 3.11. The molecule has 3 rings (SSSR count). The number of ether oxygens (including phenoxy) is 3. The van der Waals surface area contributed by atoms with Gasteiger partial charge in [0.25, 0.3) is 0 Å². The van der Waals surface area contributed by atoms with Crippen molar-refractivity contribution < 1.29 is 28.2 Å². The lowest BCUT2D eigenvalue weighted by molar-refractivity contribution is -0.0422. The van der Waals surface area contributed by atoms with Gasteiger partial charge in [0.05, 0.1) is 11.1 Å². The molecule has 1 fully saturated rings. The van der Waals surface area contributed by atoms with Gasteiger partial charge < -0.3 is 14.2 Å². The minimum atomic E-state index is -1.99. The van der Waals surface area contributed by atoms with Crippen molar-refractivity contribution >= 4 is 27.9 Å². The normalized spacial score (nSPS) is 27.1. The van der Waals surface area contributed by atoms with Gasteiger partial charge in [-0.25, -0.2) is 14.0 Å². The Morgan fingerprint density at radius 2 is 1.56 bits per heavy atom. The summed E-state index contributed by atoms with van der Waals surface area (Å²) in [6.07, 6.45) is -2.18. The summed E-state index contributed by atoms with van der Waals surface area (Å²) in [6.45, 7) is 1.02. The van der Waals surface area contributed by atoms with Crippen LogP contribution in [0.1, 0.15) is 27.6 Å². The van der Waals surface area contributed by atoms with E-state index in [9.17, 15) is 9.59 Å². The van der Waals surface area contributed by atoms with E-state index in [0.29, 0.717) is 11.1 Å². The third-order valence-electron chi connectivity index (χ3n) is 4.26. The van der Waals surface area contributed by atoms with E-state index >= 15 is 4.39 Å². The minimum absolute atomic E-state index is 0.248. The second-order valence-corrected chi connectivity index (χ2v) is 7.13. The van der Waals surface area contributed by atoms with Crippen molar-refractivity contribution in [2.24, 2.45) is 0 Å². The molecule has 2 aromatic carbocycles. The van der Waals surface area contributed by atoms with E-state index in [-0.39, 0.29) is 6.61 Å². The molecule has 4 atom stereocenters. The molecular weight excluding hydrogens is 419 g/mol. The summed E-state index contributed by atoms with van der Waals surface area (Å²) in [6, 6.07) is 16.7. The van der Waals surface area contributed by atoms with Crippen LogP contribution in [0.2, 0.25) is 0 Å². The van der Waals surface area contributed by atoms with E-state index in [1.807, 2.05) is 0 Å². The molecule has 0 radical (unpaired) electrons. The molecule has 5 nitrogen and oxygen atoms in total. The zero-order chi connectivity index (χ0) is 19.4. The van der Waals surface area contributed by atoms with Crippen molar-refractivity contribution in [3.63, 3.8) is 0 Å². The second kappa shape index (κ2) is 8.19. The molecule has 1 aliphatic heterocycles. The molecule has 1 aliphatic rings. The van der Waals surface area contributed by atoms with Crippen LogP contribution in [-0.2, 0) is 14.2 Å². The molecule has 0 saturated carbocycles. The maximum Gasteiger partial charge on any atom is 0.338 e. The maximum absolute atomic E-state index is 15.1. The first-order chi connectivity index (χ1) is 12.9. The maximum atomic E-state index is 15.1. The monoisotopic (exact) mass is 436 g/mol. The lowest BCUT2D eigenvalue weighted by Crippen LogP contribution is -2.44. The smallest absolute Gasteiger partial charge is 0.338 e. The lowest BCUT2D eigenvalue weighted by Gasteiger charge is -2.25. The van der Waals surface area contributed by atoms with Crippen LogP contribution in [0.15, 0.2) is 60.7 Å². The predicted molar refractivity (Wildman–Crippen MR) is 99.5 cm³/mol. The number of carbonyl (C=O) groups is 2. The van der Waals surface area contributed by atoms with Crippen LogP contribution < -0.4 is 0 Å². The Morgan fingerprint density at radius 3 is 2.11 bits per heavy atom. The van der Waals surface area contributed by atoms with Gasteiger partial charge in [0.15, 0.2) is 16.8 Å². The molecule has 1 heterocycles. The van der Waals surface area contributed by atoms with E-state index < -0.39 is 34.8 Å². The Bertz CT molecular complexity index is 797. The van der Waals surface area contributed by atoms with E-state index in [2.05, 4.69) is 15.9 Å². The number of benzene rings is 2. The highest BCUT2D eigenvalue weighted by atomic mass is 79.9. The first kappa shape index (κ1) is 19.5. The van der Waals surface area contributed by atoms with Crippen molar-refractivity contribution in [1.29, 1.82) is 0 Å². The lowest BCUT2D eigenvalue weighted by atomic mass is 10.0. The van der Waals surface area contributed by atoms with Gasteiger partial charge in [-0.3, -0.25) is 0 Å². The number of alkyl halides is 2. The standard InChI is InChI=1S/C20H18BrFO5/c1-20(22)16(27-18(24)14-10-6-3-7-11-14)15(26-19(20)21)12-25-17(23)13-8-4-2-5-9-13/h2-11,15-16,19H,12H2,1H3/t15?,16?,19?,20-/m1/s1. The summed E-state index contributed by atoms with van der Waals surface area (Å²) < 4.78 is 31.2. The minimum Gasteiger partial charge on any atom is -0.459 e. The van der Waals surface area contributed by atoms with Crippen molar-refractivity contribution in [2.75, 3.05) is 6.61 Å². The molecule has 0 amide bonds. The van der Waals surface area contributed by atoms with Gasteiger partial charge in [-0.05, 0) is 31.2 Å². The fourth-order valence-electron chi connectivity index (χ4n) is 2.74. The van der Waals surface area contributed by atoms with E-state index in [1.165, 1.54) is 6.92 Å². The summed E-state index contributed by atoms with van der Waals surface area (Å²) in [5.41, 5.74) is -1.33. The van der Waals surface area contributed by atoms with Gasteiger partial charge in [0.2, 0.25) is 0 Å². The highest BCUT2D eigenvalue weighted by Gasteiger charge is 2.56. The van der Waals surface area contributed by atoms with Crippen LogP contribution >= 0.6 is 15.9 Å². The van der Waals surface area contributed by atoms with E-state index in [0.717, 1.165) is 0 Å². The molecule has 7 heteroatoms. The van der Waals surface area contributed by atoms with Crippen molar-refractivity contribution in [1.82, 2.24) is 0 Å². The first-order valence-corrected chi connectivity index (χ1v) is 9.28. The fourth-order valence-corrected chi connectivity index (χ4v) is 3.28. The van der Waals surface area contributed by atoms with Gasteiger partial charge in [-0.15, -0.1) is 0 Å². The predicted octanol–water partition coefficient (Wildman–Crippen LogP) is 3.92. The Balaban J connectivity index is 1.69. The molecule has 0 aromatic heterocycles. The molecule has 142 valence electrons. The van der Waals surface area contributed by atoms with Crippen LogP contribution in [0.5, 0.6) is 0 Å². The zero-order valence-electron chi connectivity index (χ0n) is 14.5. The third kappa shape index (κ3) is 4.36. The van der Waals surface area contributed by atoms with Crippen LogP contribution in [0.3, 0.4) is 0 Å². The van der Waals surface area contributed by atoms with Gasteiger partial charge >= 0.3 is 11.9 Å². The Morgan fingerprint density at radius 1 is 1.04 bits per heavy atom. The highest BCUT2D eigenvalue weighted by Crippen LogP contribution is 2.40. The first-order valence-electron chi connectivity index (χ1n) is 8.36. The zero-order valence-corrected chi connectivity index (χ0v) is 16.1. The number of halogens is 2. The molecule has 0 bridgehead atoms. The number of hydrogen-bond donors (Lipinski definition) is 0. The van der Waals surface area contributed by atoms with Crippen LogP contribution in [0, 0.1) is 0 Å². The average Bonchev–Trinajstić information content (AvgIpc) is 2.90. The molecule has 2 aromatic rings. The number of carbonyl (C=O) groups excluding carboxylic acids is 2.